The highest BCUT2D eigenvalue weighted by atomic mass is 16.4. The molecule has 3 rings (SSSR count). The third-order valence-corrected chi connectivity index (χ3v) is 7.09. The van der Waals surface area contributed by atoms with E-state index in [0.717, 1.165) is 49.7 Å². The number of carbonyl (C=O) groups is 2. The molecule has 2 saturated carbocycles. The Morgan fingerprint density at radius 1 is 1.00 bits per heavy atom. The number of carboxylic acid groups (broad SMARTS) is 1. The highest BCUT2D eigenvalue weighted by Crippen LogP contribution is 2.41. The molecule has 0 saturated heterocycles. The second-order valence-electron chi connectivity index (χ2n) is 9.23. The summed E-state index contributed by atoms with van der Waals surface area (Å²) in [5, 5.41) is 30.0. The van der Waals surface area contributed by atoms with Crippen LogP contribution in [0.4, 0.5) is 0 Å². The van der Waals surface area contributed by atoms with Crippen molar-refractivity contribution in [2.75, 3.05) is 0 Å². The molecule has 4 atom stereocenters. The maximum Gasteiger partial charge on any atom is 0.303 e. The first-order valence-electron chi connectivity index (χ1n) is 11.7. The molecule has 30 heavy (non-hydrogen) atoms. The summed E-state index contributed by atoms with van der Waals surface area (Å²) in [5.41, 5.74) is 1.91. The normalized spacial score (nSPS) is 26.1. The molecule has 0 aromatic heterocycles. The standard InChI is InChI=1S/C25H36O5/c26-21-16-22(27)24(20(21)10-6-1-2-7-11-23(28)29)17-12-14-19(15-13-17)25(30)18-8-4-3-5-9-18/h12-15,18,20,22,24-25,27,30H,1-11,16H2,(H,28,29)/t20-,22+,24?,25?/m0/s1. The van der Waals surface area contributed by atoms with Crippen molar-refractivity contribution in [2.45, 2.75) is 95.2 Å². The molecular formula is C25H36O5. The van der Waals surface area contributed by atoms with Crippen LogP contribution in [0.5, 0.6) is 0 Å². The molecule has 0 amide bonds. The van der Waals surface area contributed by atoms with Crippen molar-refractivity contribution in [2.24, 2.45) is 11.8 Å². The van der Waals surface area contributed by atoms with Crippen molar-refractivity contribution in [3.05, 3.63) is 35.4 Å². The van der Waals surface area contributed by atoms with Gasteiger partial charge >= 0.3 is 5.97 Å². The number of aliphatic hydroxyl groups excluding tert-OH is 2. The molecule has 0 aliphatic heterocycles. The van der Waals surface area contributed by atoms with Crippen LogP contribution in [0.1, 0.15) is 100 Å². The van der Waals surface area contributed by atoms with Gasteiger partial charge in [0.15, 0.2) is 0 Å². The number of unbranched alkanes of at least 4 members (excludes halogenated alkanes) is 3. The van der Waals surface area contributed by atoms with Crippen LogP contribution in [0.2, 0.25) is 0 Å². The van der Waals surface area contributed by atoms with E-state index in [1.165, 1.54) is 19.3 Å². The third-order valence-electron chi connectivity index (χ3n) is 7.09. The van der Waals surface area contributed by atoms with Crippen LogP contribution in [-0.4, -0.2) is 33.2 Å². The summed E-state index contributed by atoms with van der Waals surface area (Å²) in [6, 6.07) is 7.89. The zero-order valence-corrected chi connectivity index (χ0v) is 17.8. The van der Waals surface area contributed by atoms with E-state index in [9.17, 15) is 19.8 Å². The molecule has 0 bridgehead atoms. The molecule has 1 aromatic carbocycles. The number of Topliss-reactive ketones (excluding diaryl/α,β-unsaturated/α-hetero) is 1. The Morgan fingerprint density at radius 3 is 2.33 bits per heavy atom. The fourth-order valence-electron chi connectivity index (χ4n) is 5.38. The summed E-state index contributed by atoms with van der Waals surface area (Å²) in [4.78, 5) is 23.1. The minimum Gasteiger partial charge on any atom is -0.481 e. The van der Waals surface area contributed by atoms with Gasteiger partial charge in [0.25, 0.3) is 0 Å². The first-order valence-corrected chi connectivity index (χ1v) is 11.7. The van der Waals surface area contributed by atoms with Crippen LogP contribution in [0, 0.1) is 11.8 Å². The summed E-state index contributed by atoms with van der Waals surface area (Å²) in [7, 11) is 0. The van der Waals surface area contributed by atoms with Crippen LogP contribution in [0.3, 0.4) is 0 Å². The molecular weight excluding hydrogens is 380 g/mol. The predicted molar refractivity (Wildman–Crippen MR) is 115 cm³/mol. The lowest BCUT2D eigenvalue weighted by Crippen LogP contribution is -2.19. The fourth-order valence-corrected chi connectivity index (χ4v) is 5.38. The number of aliphatic carboxylic acids is 1. The fraction of sp³-hybridized carbons (Fsp3) is 0.680. The van der Waals surface area contributed by atoms with Crippen molar-refractivity contribution >= 4 is 11.8 Å². The molecule has 0 spiro atoms. The minimum atomic E-state index is -0.763. The lowest BCUT2D eigenvalue weighted by atomic mass is 9.81. The average Bonchev–Trinajstić information content (AvgIpc) is 3.03. The van der Waals surface area contributed by atoms with Gasteiger partial charge in [-0.1, -0.05) is 62.8 Å². The number of aliphatic hydroxyl groups is 2. The Kier molecular flexibility index (Phi) is 8.46. The Hall–Kier alpha value is -1.72. The van der Waals surface area contributed by atoms with E-state index in [4.69, 9.17) is 5.11 Å². The van der Waals surface area contributed by atoms with Crippen molar-refractivity contribution in [1.29, 1.82) is 0 Å². The van der Waals surface area contributed by atoms with Gasteiger partial charge in [-0.25, -0.2) is 0 Å². The summed E-state index contributed by atoms with van der Waals surface area (Å²) < 4.78 is 0. The molecule has 166 valence electrons. The Balaban J connectivity index is 1.57. The summed E-state index contributed by atoms with van der Waals surface area (Å²) in [6.07, 6.45) is 9.16. The second-order valence-corrected chi connectivity index (χ2v) is 9.23. The van der Waals surface area contributed by atoms with Crippen molar-refractivity contribution in [3.8, 4) is 0 Å². The summed E-state index contributed by atoms with van der Waals surface area (Å²) >= 11 is 0. The molecule has 2 unspecified atom stereocenters. The maximum absolute atomic E-state index is 12.5. The lowest BCUT2D eigenvalue weighted by molar-refractivity contribution is -0.137. The van der Waals surface area contributed by atoms with Gasteiger partial charge in [0.1, 0.15) is 5.78 Å². The number of hydrogen-bond donors (Lipinski definition) is 3. The van der Waals surface area contributed by atoms with Crippen molar-refractivity contribution in [3.63, 3.8) is 0 Å². The van der Waals surface area contributed by atoms with E-state index in [-0.39, 0.29) is 30.5 Å². The Labute approximate surface area is 179 Å². The van der Waals surface area contributed by atoms with E-state index in [2.05, 4.69) is 0 Å². The average molecular weight is 417 g/mol. The molecule has 2 aliphatic rings. The highest BCUT2D eigenvalue weighted by Gasteiger charge is 2.41. The van der Waals surface area contributed by atoms with Gasteiger partial charge < -0.3 is 15.3 Å². The van der Waals surface area contributed by atoms with E-state index in [1.807, 2.05) is 24.3 Å². The Bertz CT molecular complexity index is 692. The molecule has 1 aromatic rings. The maximum atomic E-state index is 12.5. The van der Waals surface area contributed by atoms with Crippen LogP contribution in [0.25, 0.3) is 0 Å². The molecule has 0 heterocycles. The van der Waals surface area contributed by atoms with Gasteiger partial charge in [-0.2, -0.15) is 0 Å². The zero-order valence-electron chi connectivity index (χ0n) is 17.8. The van der Waals surface area contributed by atoms with Crippen LogP contribution >= 0.6 is 0 Å². The van der Waals surface area contributed by atoms with E-state index < -0.39 is 18.2 Å². The largest absolute Gasteiger partial charge is 0.481 e. The molecule has 5 nitrogen and oxygen atoms in total. The lowest BCUT2D eigenvalue weighted by Gasteiger charge is -2.27. The van der Waals surface area contributed by atoms with Gasteiger partial charge in [0.05, 0.1) is 12.2 Å². The molecule has 2 fully saturated rings. The topological polar surface area (TPSA) is 94.8 Å². The van der Waals surface area contributed by atoms with Gasteiger partial charge in [0.2, 0.25) is 0 Å². The van der Waals surface area contributed by atoms with E-state index in [1.54, 1.807) is 0 Å². The second kappa shape index (κ2) is 11.1. The van der Waals surface area contributed by atoms with Gasteiger partial charge in [-0.15, -0.1) is 0 Å². The SMILES string of the molecule is O=C(O)CCCCCC[C@H]1C(=O)C[C@@H](O)C1c1ccc(C(O)C2CCCCC2)cc1. The molecule has 5 heteroatoms. The Morgan fingerprint density at radius 2 is 1.67 bits per heavy atom. The first kappa shape index (κ1) is 23.0. The zero-order chi connectivity index (χ0) is 21.5. The number of hydrogen-bond acceptors (Lipinski definition) is 4. The summed E-state index contributed by atoms with van der Waals surface area (Å²) in [6.45, 7) is 0. The van der Waals surface area contributed by atoms with E-state index >= 15 is 0 Å². The highest BCUT2D eigenvalue weighted by molar-refractivity contribution is 5.85. The van der Waals surface area contributed by atoms with Gasteiger partial charge in [0, 0.05) is 24.7 Å². The van der Waals surface area contributed by atoms with Crippen LogP contribution in [-0.2, 0) is 9.59 Å². The molecule has 3 N–H and O–H groups in total. The predicted octanol–water partition coefficient (Wildman–Crippen LogP) is 4.76. The number of rotatable bonds is 10. The number of carbonyl (C=O) groups excluding carboxylic acids is 1. The third kappa shape index (κ3) is 5.92. The quantitative estimate of drug-likeness (QED) is 0.478. The van der Waals surface area contributed by atoms with Crippen molar-refractivity contribution < 1.29 is 24.9 Å². The monoisotopic (exact) mass is 416 g/mol. The van der Waals surface area contributed by atoms with Crippen LogP contribution < -0.4 is 0 Å². The molecule has 2 aliphatic carbocycles. The van der Waals surface area contributed by atoms with Gasteiger partial charge in [-0.3, -0.25) is 9.59 Å². The first-order chi connectivity index (χ1) is 14.5. The molecule has 0 radical (unpaired) electrons. The smallest absolute Gasteiger partial charge is 0.303 e. The van der Waals surface area contributed by atoms with E-state index in [0.29, 0.717) is 12.3 Å². The number of ketones is 1. The number of carboxylic acids is 1. The minimum absolute atomic E-state index is 0.129. The van der Waals surface area contributed by atoms with Gasteiger partial charge in [-0.05, 0) is 42.7 Å². The number of benzene rings is 1. The summed E-state index contributed by atoms with van der Waals surface area (Å²) in [5.74, 6) is -0.659. The van der Waals surface area contributed by atoms with Crippen LogP contribution in [0.15, 0.2) is 24.3 Å². The van der Waals surface area contributed by atoms with Crippen molar-refractivity contribution in [1.82, 2.24) is 0 Å².